The standard InChI is InChI=1S/C13H10F3NO4/c14-13(15,16)12(20)17-8-2-1-6-7-3-5(7)4-21-10(6)9(8)11(18)19/h1-2,5,7H,3-4H2,(H,17,20)(H,18,19)/t5-,7-/m0/s1. The van der Waals surface area contributed by atoms with Crippen LogP contribution in [0.2, 0.25) is 0 Å². The van der Waals surface area contributed by atoms with E-state index in [1.807, 2.05) is 0 Å². The van der Waals surface area contributed by atoms with Crippen LogP contribution < -0.4 is 10.1 Å². The zero-order valence-corrected chi connectivity index (χ0v) is 10.5. The predicted octanol–water partition coefficient (Wildman–Crippen LogP) is 2.38. The number of carbonyl (C=O) groups excluding carboxylic acids is 1. The second-order valence-electron chi connectivity index (χ2n) is 5.08. The summed E-state index contributed by atoms with van der Waals surface area (Å²) in [5, 5.41) is 10.8. The molecule has 0 bridgehead atoms. The highest BCUT2D eigenvalue weighted by molar-refractivity contribution is 6.04. The van der Waals surface area contributed by atoms with Crippen molar-refractivity contribution in [1.82, 2.24) is 0 Å². The van der Waals surface area contributed by atoms with Crippen LogP contribution in [0.25, 0.3) is 0 Å². The Morgan fingerprint density at radius 1 is 1.33 bits per heavy atom. The number of aromatic carboxylic acids is 1. The SMILES string of the molecule is O=C(O)c1c(NC(=O)C(F)(F)F)ccc2c1OC[C@@H]1C[C@H]21. The van der Waals surface area contributed by atoms with Crippen molar-refractivity contribution < 1.29 is 32.6 Å². The molecule has 1 aliphatic carbocycles. The van der Waals surface area contributed by atoms with Crippen LogP contribution in [-0.4, -0.2) is 29.8 Å². The highest BCUT2D eigenvalue weighted by atomic mass is 19.4. The van der Waals surface area contributed by atoms with Crippen molar-refractivity contribution >= 4 is 17.6 Å². The largest absolute Gasteiger partial charge is 0.492 e. The van der Waals surface area contributed by atoms with Gasteiger partial charge in [-0.1, -0.05) is 6.07 Å². The second-order valence-corrected chi connectivity index (χ2v) is 5.08. The summed E-state index contributed by atoms with van der Waals surface area (Å²) in [6, 6.07) is 2.69. The number of hydrogen-bond acceptors (Lipinski definition) is 3. The molecule has 0 unspecified atom stereocenters. The van der Waals surface area contributed by atoms with E-state index in [1.54, 1.807) is 5.32 Å². The molecule has 1 heterocycles. The van der Waals surface area contributed by atoms with Crippen LogP contribution in [-0.2, 0) is 4.79 Å². The lowest BCUT2D eigenvalue weighted by atomic mass is 10.00. The molecule has 0 saturated heterocycles. The fraction of sp³-hybridized carbons (Fsp3) is 0.385. The maximum absolute atomic E-state index is 12.3. The number of fused-ring (bicyclic) bond motifs is 3. The summed E-state index contributed by atoms with van der Waals surface area (Å²) in [5.74, 6) is -3.07. The second kappa shape index (κ2) is 4.37. The van der Waals surface area contributed by atoms with Crippen molar-refractivity contribution in [1.29, 1.82) is 0 Å². The highest BCUT2D eigenvalue weighted by Crippen LogP contribution is 2.55. The van der Waals surface area contributed by atoms with Crippen molar-refractivity contribution in [3.63, 3.8) is 0 Å². The molecule has 1 amide bonds. The minimum Gasteiger partial charge on any atom is -0.492 e. The third kappa shape index (κ3) is 2.30. The molecule has 112 valence electrons. The first-order chi connectivity index (χ1) is 9.79. The van der Waals surface area contributed by atoms with Gasteiger partial charge in [0.25, 0.3) is 0 Å². The summed E-state index contributed by atoms with van der Waals surface area (Å²) >= 11 is 0. The highest BCUT2D eigenvalue weighted by Gasteiger charge is 2.46. The molecule has 1 aliphatic heterocycles. The maximum atomic E-state index is 12.3. The van der Waals surface area contributed by atoms with E-state index in [-0.39, 0.29) is 11.7 Å². The van der Waals surface area contributed by atoms with Gasteiger partial charge < -0.3 is 15.2 Å². The van der Waals surface area contributed by atoms with Crippen LogP contribution >= 0.6 is 0 Å². The predicted molar refractivity (Wildman–Crippen MR) is 64.4 cm³/mol. The number of benzene rings is 1. The minimum absolute atomic E-state index is 0.0567. The van der Waals surface area contributed by atoms with E-state index in [0.29, 0.717) is 18.1 Å². The number of rotatable bonds is 2. The van der Waals surface area contributed by atoms with Crippen molar-refractivity contribution in [3.05, 3.63) is 23.3 Å². The number of halogens is 3. The Morgan fingerprint density at radius 3 is 2.67 bits per heavy atom. The Labute approximate surface area is 116 Å². The van der Waals surface area contributed by atoms with Crippen LogP contribution in [0.1, 0.15) is 28.3 Å². The van der Waals surface area contributed by atoms with Crippen LogP contribution in [0.3, 0.4) is 0 Å². The van der Waals surface area contributed by atoms with Crippen LogP contribution in [0.15, 0.2) is 12.1 Å². The molecule has 8 heteroatoms. The van der Waals surface area contributed by atoms with Crippen molar-refractivity contribution in [2.45, 2.75) is 18.5 Å². The van der Waals surface area contributed by atoms with Gasteiger partial charge in [0, 0.05) is 5.92 Å². The third-order valence-electron chi connectivity index (χ3n) is 3.67. The lowest BCUT2D eigenvalue weighted by molar-refractivity contribution is -0.167. The number of nitrogens with one attached hydrogen (secondary N) is 1. The third-order valence-corrected chi connectivity index (χ3v) is 3.67. The average molecular weight is 301 g/mol. The Bertz CT molecular complexity index is 641. The first-order valence-corrected chi connectivity index (χ1v) is 6.20. The molecule has 2 N–H and O–H groups in total. The molecule has 0 radical (unpaired) electrons. The molecular formula is C13H10F3NO4. The fourth-order valence-corrected chi connectivity index (χ4v) is 2.56. The van der Waals surface area contributed by atoms with Crippen LogP contribution in [0, 0.1) is 5.92 Å². The molecule has 5 nitrogen and oxygen atoms in total. The van der Waals surface area contributed by atoms with E-state index in [1.165, 1.54) is 12.1 Å². The van der Waals surface area contributed by atoms with Crippen LogP contribution in [0.5, 0.6) is 5.75 Å². The number of alkyl halides is 3. The molecule has 2 atom stereocenters. The zero-order chi connectivity index (χ0) is 15.4. The van der Waals surface area contributed by atoms with Gasteiger partial charge >= 0.3 is 18.1 Å². The molecule has 2 aliphatic rings. The Morgan fingerprint density at radius 2 is 2.05 bits per heavy atom. The summed E-state index contributed by atoms with van der Waals surface area (Å²) in [6.07, 6.45) is -4.21. The zero-order valence-electron chi connectivity index (χ0n) is 10.5. The van der Waals surface area contributed by atoms with E-state index in [4.69, 9.17) is 4.74 Å². The molecule has 3 rings (SSSR count). The topological polar surface area (TPSA) is 75.6 Å². The smallest absolute Gasteiger partial charge is 0.471 e. The molecular weight excluding hydrogens is 291 g/mol. The molecule has 1 aromatic carbocycles. The summed E-state index contributed by atoms with van der Waals surface area (Å²) in [7, 11) is 0. The monoisotopic (exact) mass is 301 g/mol. The summed E-state index contributed by atoms with van der Waals surface area (Å²) < 4.78 is 42.2. The van der Waals surface area contributed by atoms with Gasteiger partial charge in [0.2, 0.25) is 0 Å². The van der Waals surface area contributed by atoms with Gasteiger partial charge in [0.05, 0.1) is 12.3 Å². The number of carboxylic acids is 1. The van der Waals surface area contributed by atoms with E-state index >= 15 is 0 Å². The van der Waals surface area contributed by atoms with E-state index in [0.717, 1.165) is 6.42 Å². The summed E-state index contributed by atoms with van der Waals surface area (Å²) in [6.45, 7) is 0.342. The quantitative estimate of drug-likeness (QED) is 0.879. The number of carbonyl (C=O) groups is 2. The number of ether oxygens (including phenoxy) is 1. The molecule has 1 aromatic rings. The fourth-order valence-electron chi connectivity index (χ4n) is 2.56. The molecule has 0 spiro atoms. The van der Waals surface area contributed by atoms with E-state index < -0.39 is 29.3 Å². The van der Waals surface area contributed by atoms with Gasteiger partial charge in [-0.05, 0) is 24.0 Å². The molecule has 1 fully saturated rings. The van der Waals surface area contributed by atoms with Gasteiger partial charge in [-0.15, -0.1) is 0 Å². The minimum atomic E-state index is -5.09. The van der Waals surface area contributed by atoms with E-state index in [2.05, 4.69) is 0 Å². The number of amides is 1. The van der Waals surface area contributed by atoms with Gasteiger partial charge in [-0.25, -0.2) is 4.79 Å². The lowest BCUT2D eigenvalue weighted by Gasteiger charge is -2.21. The Hall–Kier alpha value is -2.25. The molecule has 21 heavy (non-hydrogen) atoms. The van der Waals surface area contributed by atoms with Crippen molar-refractivity contribution in [2.24, 2.45) is 5.92 Å². The van der Waals surface area contributed by atoms with Crippen molar-refractivity contribution in [3.8, 4) is 5.75 Å². The molecule has 0 aromatic heterocycles. The van der Waals surface area contributed by atoms with Gasteiger partial charge in [-0.3, -0.25) is 4.79 Å². The average Bonchev–Trinajstić information content (AvgIpc) is 3.15. The van der Waals surface area contributed by atoms with Crippen molar-refractivity contribution in [2.75, 3.05) is 11.9 Å². The van der Waals surface area contributed by atoms with Crippen LogP contribution in [0.4, 0.5) is 18.9 Å². The van der Waals surface area contributed by atoms with Gasteiger partial charge in [-0.2, -0.15) is 13.2 Å². The van der Waals surface area contributed by atoms with Gasteiger partial charge in [0.15, 0.2) is 0 Å². The normalized spacial score (nSPS) is 22.6. The Kier molecular flexibility index (Phi) is 2.86. The first kappa shape index (κ1) is 13.7. The van der Waals surface area contributed by atoms with E-state index in [9.17, 15) is 27.9 Å². The lowest BCUT2D eigenvalue weighted by Crippen LogP contribution is -2.31. The number of anilines is 1. The summed E-state index contributed by atoms with van der Waals surface area (Å²) in [4.78, 5) is 22.3. The maximum Gasteiger partial charge on any atom is 0.471 e. The Balaban J connectivity index is 2.01. The first-order valence-electron chi connectivity index (χ1n) is 6.20. The summed E-state index contributed by atoms with van der Waals surface area (Å²) in [5.41, 5.74) is -0.174. The molecule has 1 saturated carbocycles. The number of carboxylic acid groups (broad SMARTS) is 1. The van der Waals surface area contributed by atoms with Gasteiger partial charge in [0.1, 0.15) is 11.3 Å². The number of hydrogen-bond donors (Lipinski definition) is 2.